The third-order valence-electron chi connectivity index (χ3n) is 2.34. The van der Waals surface area contributed by atoms with Gasteiger partial charge in [0.05, 0.1) is 6.07 Å². The van der Waals surface area contributed by atoms with E-state index >= 15 is 0 Å². The van der Waals surface area contributed by atoms with Crippen LogP contribution in [0, 0.1) is 16.7 Å². The molecule has 2 nitrogen and oxygen atoms in total. The summed E-state index contributed by atoms with van der Waals surface area (Å²) in [7, 11) is 0. The average molecular weight is 164 g/mol. The minimum absolute atomic E-state index is 0.324. The maximum Gasteiger partial charge on any atom is 0.0628 e. The highest BCUT2D eigenvalue weighted by atomic mass is 14.9. The molecule has 12 heavy (non-hydrogen) atoms. The number of hydrogen-bond acceptors (Lipinski definition) is 2. The predicted octanol–water partition coefficient (Wildman–Crippen LogP) is 1.85. The summed E-state index contributed by atoms with van der Waals surface area (Å²) in [6.45, 7) is 7.69. The first-order valence-electron chi connectivity index (χ1n) is 4.41. The fourth-order valence-corrected chi connectivity index (χ4v) is 1.30. The Morgan fingerprint density at radius 3 is 2.75 bits per heavy atom. The van der Waals surface area contributed by atoms with Gasteiger partial charge in [0, 0.05) is 19.5 Å². The van der Waals surface area contributed by atoms with Gasteiger partial charge in [0.25, 0.3) is 0 Å². The Bertz CT molecular complexity index is 208. The molecule has 66 valence electrons. The molecule has 1 N–H and O–H groups in total. The maximum atomic E-state index is 8.56. The van der Waals surface area contributed by atoms with Gasteiger partial charge in [-0.1, -0.05) is 12.2 Å². The minimum Gasteiger partial charge on any atom is -0.312 e. The second kappa shape index (κ2) is 3.73. The monoisotopic (exact) mass is 164 g/mol. The predicted molar refractivity (Wildman–Crippen MR) is 49.6 cm³/mol. The molecular formula is C10H16N2. The van der Waals surface area contributed by atoms with E-state index in [-0.39, 0.29) is 0 Å². The van der Waals surface area contributed by atoms with Crippen molar-refractivity contribution in [3.05, 3.63) is 12.2 Å². The Labute approximate surface area is 74.3 Å². The van der Waals surface area contributed by atoms with Crippen LogP contribution in [0.25, 0.3) is 0 Å². The molecule has 0 aromatic carbocycles. The van der Waals surface area contributed by atoms with Gasteiger partial charge in [0.2, 0.25) is 0 Å². The lowest BCUT2D eigenvalue weighted by molar-refractivity contribution is 0.479. The molecule has 0 saturated heterocycles. The molecule has 0 heterocycles. The quantitative estimate of drug-likeness (QED) is 0.629. The lowest BCUT2D eigenvalue weighted by Crippen LogP contribution is -2.25. The van der Waals surface area contributed by atoms with E-state index in [1.165, 1.54) is 12.8 Å². The van der Waals surface area contributed by atoms with Crippen molar-refractivity contribution in [3.63, 3.8) is 0 Å². The van der Waals surface area contributed by atoms with Gasteiger partial charge in [0.1, 0.15) is 0 Å². The number of nitrogens with zero attached hydrogens (tertiary/aromatic N) is 1. The largest absolute Gasteiger partial charge is 0.312 e. The molecule has 0 bridgehead atoms. The first-order chi connectivity index (χ1) is 5.68. The summed E-state index contributed by atoms with van der Waals surface area (Å²) in [5, 5.41) is 11.9. The Hall–Kier alpha value is -0.810. The van der Waals surface area contributed by atoms with Crippen molar-refractivity contribution in [2.75, 3.05) is 13.1 Å². The summed E-state index contributed by atoms with van der Waals surface area (Å²) in [5.41, 5.74) is 1.48. The zero-order chi connectivity index (χ0) is 9.03. The van der Waals surface area contributed by atoms with Gasteiger partial charge in [-0.25, -0.2) is 0 Å². The van der Waals surface area contributed by atoms with E-state index in [1.54, 1.807) is 0 Å². The highest BCUT2D eigenvalue weighted by molar-refractivity contribution is 5.01. The van der Waals surface area contributed by atoms with Crippen LogP contribution in [-0.4, -0.2) is 13.1 Å². The van der Waals surface area contributed by atoms with Gasteiger partial charge in [-0.15, -0.1) is 0 Å². The summed E-state index contributed by atoms with van der Waals surface area (Å²) < 4.78 is 0. The third-order valence-corrected chi connectivity index (χ3v) is 2.34. The molecule has 1 aliphatic rings. The Morgan fingerprint density at radius 2 is 2.33 bits per heavy atom. The zero-order valence-electron chi connectivity index (χ0n) is 7.69. The van der Waals surface area contributed by atoms with Crippen LogP contribution in [0.1, 0.15) is 26.2 Å². The van der Waals surface area contributed by atoms with Crippen molar-refractivity contribution < 1.29 is 0 Å². The molecule has 0 aromatic heterocycles. The van der Waals surface area contributed by atoms with Gasteiger partial charge in [-0.05, 0) is 25.2 Å². The second-order valence-corrected chi connectivity index (χ2v) is 3.90. The van der Waals surface area contributed by atoms with Gasteiger partial charge >= 0.3 is 0 Å². The van der Waals surface area contributed by atoms with E-state index in [0.29, 0.717) is 11.8 Å². The van der Waals surface area contributed by atoms with Crippen LogP contribution < -0.4 is 5.32 Å². The minimum atomic E-state index is 0.324. The van der Waals surface area contributed by atoms with Crippen LogP contribution in [0.3, 0.4) is 0 Å². The van der Waals surface area contributed by atoms with E-state index in [0.717, 1.165) is 18.7 Å². The van der Waals surface area contributed by atoms with E-state index in [2.05, 4.69) is 18.0 Å². The normalized spacial score (nSPS) is 18.3. The number of nitriles is 1. The average Bonchev–Trinajstić information content (AvgIpc) is 2.69. The fourth-order valence-electron chi connectivity index (χ4n) is 1.30. The van der Waals surface area contributed by atoms with Crippen molar-refractivity contribution in [3.8, 4) is 6.07 Å². The SMILES string of the molecule is C=C(C)CNCC1(CC#N)CC1. The molecule has 1 aliphatic carbocycles. The molecule has 1 rings (SSSR count). The van der Waals surface area contributed by atoms with Gasteiger partial charge in [-0.3, -0.25) is 0 Å². The third kappa shape index (κ3) is 2.67. The standard InChI is InChI=1S/C10H16N2/c1-9(2)7-12-8-10(3-4-10)5-6-11/h12H,1,3-5,7-8H2,2H3. The van der Waals surface area contributed by atoms with Crippen LogP contribution >= 0.6 is 0 Å². The molecule has 1 saturated carbocycles. The van der Waals surface area contributed by atoms with Crippen LogP contribution in [-0.2, 0) is 0 Å². The smallest absolute Gasteiger partial charge is 0.0628 e. The van der Waals surface area contributed by atoms with Crippen molar-refractivity contribution in [2.45, 2.75) is 26.2 Å². The molecule has 0 aliphatic heterocycles. The second-order valence-electron chi connectivity index (χ2n) is 3.90. The van der Waals surface area contributed by atoms with Crippen LogP contribution in [0.4, 0.5) is 0 Å². The van der Waals surface area contributed by atoms with Crippen molar-refractivity contribution in [1.29, 1.82) is 5.26 Å². The first-order valence-corrected chi connectivity index (χ1v) is 4.41. The summed E-state index contributed by atoms with van der Waals surface area (Å²) in [6, 6.07) is 2.25. The molecule has 0 atom stereocenters. The van der Waals surface area contributed by atoms with Crippen molar-refractivity contribution in [2.24, 2.45) is 5.41 Å². The highest BCUT2D eigenvalue weighted by Crippen LogP contribution is 2.47. The summed E-state index contributed by atoms with van der Waals surface area (Å²) >= 11 is 0. The summed E-state index contributed by atoms with van der Waals surface area (Å²) in [6.07, 6.45) is 3.13. The summed E-state index contributed by atoms with van der Waals surface area (Å²) in [4.78, 5) is 0. The van der Waals surface area contributed by atoms with Crippen LogP contribution in [0.2, 0.25) is 0 Å². The molecule has 2 heteroatoms. The topological polar surface area (TPSA) is 35.8 Å². The zero-order valence-corrected chi connectivity index (χ0v) is 7.69. The maximum absolute atomic E-state index is 8.56. The summed E-state index contributed by atoms with van der Waals surface area (Å²) in [5.74, 6) is 0. The lowest BCUT2D eigenvalue weighted by Gasteiger charge is -2.11. The molecule has 0 unspecified atom stereocenters. The number of hydrogen-bond donors (Lipinski definition) is 1. The molecule has 0 amide bonds. The van der Waals surface area contributed by atoms with E-state index < -0.39 is 0 Å². The first kappa shape index (κ1) is 9.28. The lowest BCUT2D eigenvalue weighted by atomic mass is 10.0. The van der Waals surface area contributed by atoms with Gasteiger partial charge < -0.3 is 5.32 Å². The number of rotatable bonds is 5. The molecule has 1 fully saturated rings. The molecular weight excluding hydrogens is 148 g/mol. The van der Waals surface area contributed by atoms with E-state index in [4.69, 9.17) is 5.26 Å². The van der Waals surface area contributed by atoms with Crippen molar-refractivity contribution in [1.82, 2.24) is 5.32 Å². The van der Waals surface area contributed by atoms with Crippen LogP contribution in [0.5, 0.6) is 0 Å². The fraction of sp³-hybridized carbons (Fsp3) is 0.700. The van der Waals surface area contributed by atoms with Gasteiger partial charge in [-0.2, -0.15) is 5.26 Å². The Balaban J connectivity index is 2.15. The van der Waals surface area contributed by atoms with Crippen molar-refractivity contribution >= 4 is 0 Å². The number of nitrogens with one attached hydrogen (secondary N) is 1. The Kier molecular flexibility index (Phi) is 2.88. The van der Waals surface area contributed by atoms with E-state index in [9.17, 15) is 0 Å². The highest BCUT2D eigenvalue weighted by Gasteiger charge is 2.41. The molecule has 0 spiro atoms. The Morgan fingerprint density at radius 1 is 1.67 bits per heavy atom. The molecule has 0 radical (unpaired) electrons. The molecule has 0 aromatic rings. The van der Waals surface area contributed by atoms with Gasteiger partial charge in [0.15, 0.2) is 0 Å². The van der Waals surface area contributed by atoms with E-state index in [1.807, 2.05) is 6.92 Å². The van der Waals surface area contributed by atoms with Crippen LogP contribution in [0.15, 0.2) is 12.2 Å².